The zero-order valence-electron chi connectivity index (χ0n) is 15.9. The second kappa shape index (κ2) is 9.32. The van der Waals surface area contributed by atoms with Crippen LogP contribution in [-0.4, -0.2) is 36.0 Å². The molecule has 0 radical (unpaired) electrons. The molecule has 27 heavy (non-hydrogen) atoms. The normalized spacial score (nSPS) is 16.2. The van der Waals surface area contributed by atoms with Gasteiger partial charge in [-0.1, -0.05) is 37.4 Å². The third-order valence-electron chi connectivity index (χ3n) is 4.74. The number of aryl methyl sites for hydroxylation is 1. The smallest absolute Gasteiger partial charge is 0.245 e. The van der Waals surface area contributed by atoms with Crippen LogP contribution in [0.25, 0.3) is 0 Å². The lowest BCUT2D eigenvalue weighted by molar-refractivity contribution is 0.377. The van der Waals surface area contributed by atoms with Gasteiger partial charge in [0.2, 0.25) is 15.9 Å². The molecule has 1 aromatic carbocycles. The van der Waals surface area contributed by atoms with E-state index in [1.165, 1.54) is 0 Å². The fraction of sp³-hybridized carbons (Fsp3) is 0.579. The molecule has 0 spiro atoms. The molecule has 148 valence electrons. The first kappa shape index (κ1) is 19.8. The lowest BCUT2D eigenvalue weighted by atomic mass is 10.2. The molecule has 0 atom stereocenters. The van der Waals surface area contributed by atoms with Crippen LogP contribution in [-0.2, 0) is 23.0 Å². The maximum absolute atomic E-state index is 12.9. The Morgan fingerprint density at radius 1 is 1.19 bits per heavy atom. The van der Waals surface area contributed by atoms with Gasteiger partial charge in [0.1, 0.15) is 0 Å². The Bertz CT molecular complexity index is 827. The van der Waals surface area contributed by atoms with Crippen molar-refractivity contribution < 1.29 is 12.9 Å². The van der Waals surface area contributed by atoms with Crippen LogP contribution in [0, 0.1) is 0 Å². The molecule has 2 heterocycles. The van der Waals surface area contributed by atoms with Crippen molar-refractivity contribution in [1.29, 1.82) is 0 Å². The predicted molar refractivity (Wildman–Crippen MR) is 104 cm³/mol. The number of anilines is 1. The minimum absolute atomic E-state index is 0.323. The molecule has 0 unspecified atom stereocenters. The molecule has 1 fully saturated rings. The third-order valence-corrected chi connectivity index (χ3v) is 6.64. The van der Waals surface area contributed by atoms with E-state index in [0.29, 0.717) is 36.2 Å². The number of unbranched alkanes of at least 4 members (excludes halogenated alkanes) is 1. The van der Waals surface area contributed by atoms with Crippen LogP contribution in [0.2, 0.25) is 0 Å². The van der Waals surface area contributed by atoms with Crippen molar-refractivity contribution >= 4 is 15.7 Å². The van der Waals surface area contributed by atoms with Crippen molar-refractivity contribution in [2.24, 2.45) is 0 Å². The maximum atomic E-state index is 12.9. The maximum Gasteiger partial charge on any atom is 0.245 e. The fourth-order valence-electron chi connectivity index (χ4n) is 3.17. The number of hydrogen-bond acceptors (Lipinski definition) is 6. The van der Waals surface area contributed by atoms with Gasteiger partial charge in [0.15, 0.2) is 5.82 Å². The number of benzene rings is 1. The van der Waals surface area contributed by atoms with Crippen LogP contribution in [0.1, 0.15) is 57.2 Å². The van der Waals surface area contributed by atoms with Crippen molar-refractivity contribution in [3.05, 3.63) is 36.0 Å². The zero-order chi connectivity index (χ0) is 19.1. The van der Waals surface area contributed by atoms with E-state index in [1.807, 2.05) is 6.07 Å². The lowest BCUT2D eigenvalue weighted by Gasteiger charge is -2.20. The van der Waals surface area contributed by atoms with E-state index in [0.717, 1.165) is 50.6 Å². The molecule has 1 saturated heterocycles. The number of aromatic nitrogens is 2. The Hall–Kier alpha value is -1.93. The summed E-state index contributed by atoms with van der Waals surface area (Å²) in [5.74, 6) is 1.22. The van der Waals surface area contributed by atoms with Gasteiger partial charge in [-0.3, -0.25) is 0 Å². The van der Waals surface area contributed by atoms with Gasteiger partial charge < -0.3 is 9.84 Å². The van der Waals surface area contributed by atoms with Gasteiger partial charge in [-0.25, -0.2) is 8.42 Å². The molecular formula is C19H28N4O3S. The minimum Gasteiger partial charge on any atom is -0.376 e. The lowest BCUT2D eigenvalue weighted by Crippen LogP contribution is -2.31. The van der Waals surface area contributed by atoms with E-state index < -0.39 is 10.0 Å². The molecule has 3 rings (SSSR count). The Labute approximate surface area is 161 Å². The van der Waals surface area contributed by atoms with Gasteiger partial charge in [-0.2, -0.15) is 9.29 Å². The highest BCUT2D eigenvalue weighted by Gasteiger charge is 2.25. The summed E-state index contributed by atoms with van der Waals surface area (Å²) in [6, 6.07) is 6.93. The standard InChI is InChI=1S/C19H28N4O3S/c1-2-3-11-18-21-19(26-22-18)15-20-16-9-8-10-17(14-16)27(24,25)23-12-6-4-5-7-13-23/h8-10,14,20H,2-7,11-13,15H2,1H3. The minimum atomic E-state index is -3.46. The van der Waals surface area contributed by atoms with Gasteiger partial charge in [0, 0.05) is 25.2 Å². The Morgan fingerprint density at radius 3 is 2.70 bits per heavy atom. The number of rotatable bonds is 8. The van der Waals surface area contributed by atoms with Crippen LogP contribution in [0.4, 0.5) is 5.69 Å². The summed E-state index contributed by atoms with van der Waals surface area (Å²) in [5, 5.41) is 7.14. The van der Waals surface area contributed by atoms with Crippen molar-refractivity contribution in [3.63, 3.8) is 0 Å². The number of nitrogens with zero attached hydrogens (tertiary/aromatic N) is 3. The molecule has 1 aliphatic heterocycles. The predicted octanol–water partition coefficient (Wildman–Crippen LogP) is 3.59. The monoisotopic (exact) mass is 392 g/mol. The second-order valence-corrected chi connectivity index (χ2v) is 8.85. The van der Waals surface area contributed by atoms with Crippen molar-refractivity contribution in [1.82, 2.24) is 14.4 Å². The first-order valence-electron chi connectivity index (χ1n) is 9.75. The zero-order valence-corrected chi connectivity index (χ0v) is 16.7. The number of hydrogen-bond donors (Lipinski definition) is 1. The highest BCUT2D eigenvalue weighted by Crippen LogP contribution is 2.23. The first-order chi connectivity index (χ1) is 13.1. The third kappa shape index (κ3) is 5.29. The van der Waals surface area contributed by atoms with Gasteiger partial charge in [-0.15, -0.1) is 0 Å². The van der Waals surface area contributed by atoms with E-state index in [1.54, 1.807) is 22.5 Å². The summed E-state index contributed by atoms with van der Waals surface area (Å²) < 4.78 is 32.7. The van der Waals surface area contributed by atoms with E-state index in [9.17, 15) is 8.42 Å². The topological polar surface area (TPSA) is 88.3 Å². The fourth-order valence-corrected chi connectivity index (χ4v) is 4.74. The summed E-state index contributed by atoms with van der Waals surface area (Å²) in [4.78, 5) is 4.67. The molecule has 1 aromatic heterocycles. The Kier molecular flexibility index (Phi) is 6.84. The summed E-state index contributed by atoms with van der Waals surface area (Å²) in [6.45, 7) is 3.69. The average Bonchev–Trinajstić information content (AvgIpc) is 2.94. The van der Waals surface area contributed by atoms with Crippen molar-refractivity contribution in [2.45, 2.75) is 63.3 Å². The summed E-state index contributed by atoms with van der Waals surface area (Å²) in [7, 11) is -3.46. The van der Waals surface area contributed by atoms with E-state index in [-0.39, 0.29) is 0 Å². The van der Waals surface area contributed by atoms with Crippen LogP contribution in [0.15, 0.2) is 33.7 Å². The second-order valence-electron chi connectivity index (χ2n) is 6.91. The largest absolute Gasteiger partial charge is 0.376 e. The van der Waals surface area contributed by atoms with Crippen LogP contribution < -0.4 is 5.32 Å². The summed E-state index contributed by atoms with van der Waals surface area (Å²) >= 11 is 0. The first-order valence-corrected chi connectivity index (χ1v) is 11.2. The molecule has 0 bridgehead atoms. The van der Waals surface area contributed by atoms with Crippen LogP contribution >= 0.6 is 0 Å². The molecule has 0 saturated carbocycles. The Balaban J connectivity index is 1.65. The Morgan fingerprint density at radius 2 is 1.96 bits per heavy atom. The molecule has 7 nitrogen and oxygen atoms in total. The van der Waals surface area contributed by atoms with E-state index >= 15 is 0 Å². The van der Waals surface area contributed by atoms with Gasteiger partial charge in [0.05, 0.1) is 11.4 Å². The molecule has 2 aromatic rings. The van der Waals surface area contributed by atoms with Gasteiger partial charge in [-0.05, 0) is 37.5 Å². The average molecular weight is 393 g/mol. The molecule has 1 aliphatic rings. The number of sulfonamides is 1. The molecule has 1 N–H and O–H groups in total. The van der Waals surface area contributed by atoms with E-state index in [2.05, 4.69) is 22.4 Å². The highest BCUT2D eigenvalue weighted by atomic mass is 32.2. The van der Waals surface area contributed by atoms with Crippen molar-refractivity contribution in [2.75, 3.05) is 18.4 Å². The van der Waals surface area contributed by atoms with Crippen molar-refractivity contribution in [3.8, 4) is 0 Å². The van der Waals surface area contributed by atoms with Gasteiger partial charge in [0.25, 0.3) is 0 Å². The molecule has 8 heteroatoms. The highest BCUT2D eigenvalue weighted by molar-refractivity contribution is 7.89. The van der Waals surface area contributed by atoms with Gasteiger partial charge >= 0.3 is 0 Å². The summed E-state index contributed by atoms with van der Waals surface area (Å²) in [6.07, 6.45) is 6.96. The number of nitrogens with one attached hydrogen (secondary N) is 1. The SMILES string of the molecule is CCCCc1noc(CNc2cccc(S(=O)(=O)N3CCCCCC3)c2)n1. The summed E-state index contributed by atoms with van der Waals surface area (Å²) in [5.41, 5.74) is 0.721. The quantitative estimate of drug-likeness (QED) is 0.738. The molecule has 0 aliphatic carbocycles. The molecular weight excluding hydrogens is 364 g/mol. The van der Waals surface area contributed by atoms with E-state index in [4.69, 9.17) is 4.52 Å². The van der Waals surface area contributed by atoms with Crippen LogP contribution in [0.3, 0.4) is 0 Å². The van der Waals surface area contributed by atoms with Crippen LogP contribution in [0.5, 0.6) is 0 Å². The molecule has 0 amide bonds.